The summed E-state index contributed by atoms with van der Waals surface area (Å²) in [6.07, 6.45) is 0. The summed E-state index contributed by atoms with van der Waals surface area (Å²) in [7, 11) is 0. The number of hydrogen-bond donors (Lipinski definition) is 1. The number of nitrogens with one attached hydrogen (secondary N) is 1. The highest BCUT2D eigenvalue weighted by Gasteiger charge is 2.29. The van der Waals surface area contributed by atoms with E-state index in [-0.39, 0.29) is 17.5 Å². The summed E-state index contributed by atoms with van der Waals surface area (Å²) in [4.78, 5) is 14.2. The van der Waals surface area contributed by atoms with Crippen LogP contribution in [0.4, 0.5) is 10.5 Å². The highest BCUT2D eigenvalue weighted by Crippen LogP contribution is 2.33. The van der Waals surface area contributed by atoms with Gasteiger partial charge in [-0.1, -0.05) is 32.9 Å². The topological polar surface area (TPSA) is 41.6 Å². The quantitative estimate of drug-likeness (QED) is 0.845. The number of nitrogens with zero attached hydrogens (tertiary/aromatic N) is 1. The zero-order chi connectivity index (χ0) is 14.0. The van der Waals surface area contributed by atoms with Gasteiger partial charge in [0.05, 0.1) is 11.7 Å². The molecule has 2 rings (SSSR count). The van der Waals surface area contributed by atoms with E-state index < -0.39 is 0 Å². The number of rotatable bonds is 1. The Kier molecular flexibility index (Phi) is 3.69. The van der Waals surface area contributed by atoms with Gasteiger partial charge in [0.15, 0.2) is 0 Å². The predicted octanol–water partition coefficient (Wildman–Crippen LogP) is 3.03. The smallest absolute Gasteiger partial charge is 0.322 e. The van der Waals surface area contributed by atoms with Crippen LogP contribution in [-0.2, 0) is 0 Å². The molecule has 0 spiro atoms. The van der Waals surface area contributed by atoms with Crippen LogP contribution in [0, 0.1) is 5.41 Å². The molecule has 1 N–H and O–H groups in total. The van der Waals surface area contributed by atoms with E-state index in [0.717, 1.165) is 11.4 Å². The predicted molar refractivity (Wildman–Crippen MR) is 76.7 cm³/mol. The summed E-state index contributed by atoms with van der Waals surface area (Å²) in [5.74, 6) is 0.770. The van der Waals surface area contributed by atoms with Gasteiger partial charge in [0.1, 0.15) is 12.4 Å². The molecule has 0 aliphatic carbocycles. The van der Waals surface area contributed by atoms with Crippen molar-refractivity contribution in [1.29, 1.82) is 0 Å². The molecule has 19 heavy (non-hydrogen) atoms. The summed E-state index contributed by atoms with van der Waals surface area (Å²) >= 11 is 0. The van der Waals surface area contributed by atoms with E-state index >= 15 is 0 Å². The first kappa shape index (κ1) is 13.7. The monoisotopic (exact) mass is 262 g/mol. The van der Waals surface area contributed by atoms with E-state index in [2.05, 4.69) is 26.1 Å². The second kappa shape index (κ2) is 5.11. The zero-order valence-electron chi connectivity index (χ0n) is 12.1. The first-order chi connectivity index (χ1) is 8.88. The second-order valence-electron chi connectivity index (χ2n) is 6.22. The number of amides is 2. The number of urea groups is 1. The molecule has 4 heteroatoms. The summed E-state index contributed by atoms with van der Waals surface area (Å²) in [6, 6.07) is 7.63. The average Bonchev–Trinajstić information content (AvgIpc) is 2.35. The SMILES string of the molecule is CC1COc2ccccc2N1C(=O)NCC(C)(C)C. The van der Waals surface area contributed by atoms with Crippen LogP contribution in [0.2, 0.25) is 0 Å². The van der Waals surface area contributed by atoms with Crippen molar-refractivity contribution < 1.29 is 9.53 Å². The van der Waals surface area contributed by atoms with E-state index in [1.807, 2.05) is 31.2 Å². The lowest BCUT2D eigenvalue weighted by Gasteiger charge is -2.35. The molecule has 1 aromatic rings. The second-order valence-corrected chi connectivity index (χ2v) is 6.22. The highest BCUT2D eigenvalue weighted by molar-refractivity contribution is 5.94. The summed E-state index contributed by atoms with van der Waals surface area (Å²) < 4.78 is 5.64. The Morgan fingerprint density at radius 2 is 2.11 bits per heavy atom. The van der Waals surface area contributed by atoms with E-state index in [9.17, 15) is 4.79 Å². The highest BCUT2D eigenvalue weighted by atomic mass is 16.5. The third-order valence-electron chi connectivity index (χ3n) is 3.03. The van der Waals surface area contributed by atoms with E-state index in [1.54, 1.807) is 4.90 Å². The van der Waals surface area contributed by atoms with E-state index in [1.165, 1.54) is 0 Å². The Bertz CT molecular complexity index is 465. The summed E-state index contributed by atoms with van der Waals surface area (Å²) in [5.41, 5.74) is 0.915. The first-order valence-electron chi connectivity index (χ1n) is 6.67. The number of carbonyl (C=O) groups is 1. The molecule has 1 aliphatic heterocycles. The maximum absolute atomic E-state index is 12.4. The van der Waals surface area contributed by atoms with Gasteiger partial charge in [0.25, 0.3) is 0 Å². The van der Waals surface area contributed by atoms with Crippen LogP contribution in [0.25, 0.3) is 0 Å². The molecule has 0 fully saturated rings. The lowest BCUT2D eigenvalue weighted by Crippen LogP contribution is -2.51. The fourth-order valence-corrected chi connectivity index (χ4v) is 2.04. The third kappa shape index (κ3) is 3.19. The fraction of sp³-hybridized carbons (Fsp3) is 0.533. The minimum atomic E-state index is -0.0572. The van der Waals surface area contributed by atoms with Crippen molar-refractivity contribution in [2.45, 2.75) is 33.7 Å². The molecule has 0 aromatic heterocycles. The molecule has 0 saturated carbocycles. The number of ether oxygens (including phenoxy) is 1. The molecule has 2 amide bonds. The number of para-hydroxylation sites is 2. The van der Waals surface area contributed by atoms with Gasteiger partial charge < -0.3 is 10.1 Å². The minimum absolute atomic E-state index is 0.0369. The van der Waals surface area contributed by atoms with Crippen LogP contribution in [0.15, 0.2) is 24.3 Å². The van der Waals surface area contributed by atoms with Crippen molar-refractivity contribution >= 4 is 11.7 Å². The largest absolute Gasteiger partial charge is 0.489 e. The lowest BCUT2D eigenvalue weighted by molar-refractivity contribution is 0.226. The molecule has 1 atom stereocenters. The van der Waals surface area contributed by atoms with Crippen molar-refractivity contribution in [3.05, 3.63) is 24.3 Å². The first-order valence-corrected chi connectivity index (χ1v) is 6.67. The van der Waals surface area contributed by atoms with Crippen molar-refractivity contribution in [3.8, 4) is 5.75 Å². The van der Waals surface area contributed by atoms with Gasteiger partial charge in [-0.2, -0.15) is 0 Å². The Morgan fingerprint density at radius 3 is 2.79 bits per heavy atom. The maximum Gasteiger partial charge on any atom is 0.322 e. The van der Waals surface area contributed by atoms with Crippen LogP contribution in [0.1, 0.15) is 27.7 Å². The molecule has 1 unspecified atom stereocenters. The van der Waals surface area contributed by atoms with Crippen molar-refractivity contribution in [2.75, 3.05) is 18.1 Å². The summed E-state index contributed by atoms with van der Waals surface area (Å²) in [5, 5.41) is 3.00. The molecular weight excluding hydrogens is 240 g/mol. The van der Waals surface area contributed by atoms with Crippen molar-refractivity contribution in [2.24, 2.45) is 5.41 Å². The molecular formula is C15H22N2O2. The summed E-state index contributed by atoms with van der Waals surface area (Å²) in [6.45, 7) is 9.47. The van der Waals surface area contributed by atoms with Crippen LogP contribution in [0.3, 0.4) is 0 Å². The average molecular weight is 262 g/mol. The molecule has 0 bridgehead atoms. The number of carbonyl (C=O) groups excluding carboxylic acids is 1. The minimum Gasteiger partial charge on any atom is -0.489 e. The van der Waals surface area contributed by atoms with Crippen LogP contribution in [0.5, 0.6) is 5.75 Å². The Hall–Kier alpha value is -1.71. The van der Waals surface area contributed by atoms with Crippen LogP contribution < -0.4 is 15.0 Å². The lowest BCUT2D eigenvalue weighted by atomic mass is 9.97. The van der Waals surface area contributed by atoms with Gasteiger partial charge in [0, 0.05) is 6.54 Å². The standard InChI is InChI=1S/C15H22N2O2/c1-11-9-19-13-8-6-5-7-12(13)17(11)14(18)16-10-15(2,3)4/h5-8,11H,9-10H2,1-4H3,(H,16,18). The van der Waals surface area contributed by atoms with E-state index in [0.29, 0.717) is 13.2 Å². The van der Waals surface area contributed by atoms with Crippen LogP contribution in [-0.4, -0.2) is 25.2 Å². The molecule has 1 aliphatic rings. The molecule has 104 valence electrons. The Labute approximate surface area is 114 Å². The Morgan fingerprint density at radius 1 is 1.42 bits per heavy atom. The molecule has 0 saturated heterocycles. The van der Waals surface area contributed by atoms with Gasteiger partial charge in [-0.25, -0.2) is 4.79 Å². The van der Waals surface area contributed by atoms with Gasteiger partial charge in [-0.15, -0.1) is 0 Å². The number of hydrogen-bond acceptors (Lipinski definition) is 2. The third-order valence-corrected chi connectivity index (χ3v) is 3.03. The molecule has 1 heterocycles. The van der Waals surface area contributed by atoms with Gasteiger partial charge in [0.2, 0.25) is 0 Å². The van der Waals surface area contributed by atoms with Gasteiger partial charge >= 0.3 is 6.03 Å². The van der Waals surface area contributed by atoms with Crippen LogP contribution >= 0.6 is 0 Å². The van der Waals surface area contributed by atoms with Gasteiger partial charge in [-0.3, -0.25) is 4.90 Å². The number of fused-ring (bicyclic) bond motifs is 1. The maximum atomic E-state index is 12.4. The normalized spacial score (nSPS) is 18.5. The Balaban J connectivity index is 2.17. The van der Waals surface area contributed by atoms with Gasteiger partial charge in [-0.05, 0) is 24.5 Å². The molecule has 4 nitrogen and oxygen atoms in total. The van der Waals surface area contributed by atoms with E-state index in [4.69, 9.17) is 4.74 Å². The fourth-order valence-electron chi connectivity index (χ4n) is 2.04. The number of benzene rings is 1. The molecule has 1 aromatic carbocycles. The van der Waals surface area contributed by atoms with Crippen molar-refractivity contribution in [3.63, 3.8) is 0 Å². The molecule has 0 radical (unpaired) electrons. The zero-order valence-corrected chi connectivity index (χ0v) is 12.1. The number of anilines is 1. The van der Waals surface area contributed by atoms with Crippen molar-refractivity contribution in [1.82, 2.24) is 5.32 Å².